The van der Waals surface area contributed by atoms with Gasteiger partial charge in [-0.15, -0.1) is 0 Å². The second kappa shape index (κ2) is 3.33. The highest BCUT2D eigenvalue weighted by Gasteiger charge is 2.33. The highest BCUT2D eigenvalue weighted by Crippen LogP contribution is 2.38. The fourth-order valence-corrected chi connectivity index (χ4v) is 2.18. The van der Waals surface area contributed by atoms with Crippen molar-refractivity contribution in [1.82, 2.24) is 0 Å². The van der Waals surface area contributed by atoms with Crippen molar-refractivity contribution in [2.24, 2.45) is 5.92 Å². The second-order valence-electron chi connectivity index (χ2n) is 4.38. The molecule has 0 radical (unpaired) electrons. The van der Waals surface area contributed by atoms with E-state index in [4.69, 9.17) is 4.74 Å². The fraction of sp³-hybridized carbons (Fsp3) is 0.500. The van der Waals surface area contributed by atoms with Crippen LogP contribution >= 0.6 is 0 Å². The Hall–Kier alpha value is -1.38. The van der Waals surface area contributed by atoms with Gasteiger partial charge in [-0.25, -0.2) is 0 Å². The van der Waals surface area contributed by atoms with E-state index in [0.717, 1.165) is 23.9 Å². The van der Waals surface area contributed by atoms with Crippen LogP contribution in [0.25, 0.3) is 0 Å². The molecule has 1 fully saturated rings. The van der Waals surface area contributed by atoms with Crippen LogP contribution in [0.4, 0.5) is 11.4 Å². The number of methoxy groups -OCH3 is 1. The standard InChI is InChI=1S/C12H16N2O/c1-15-9-4-5-10-11(6-9)13-7-12(14-10)8-2-3-8/h4-6,8,12-14H,2-3,7H2,1H3. The summed E-state index contributed by atoms with van der Waals surface area (Å²) in [5.41, 5.74) is 2.37. The fourth-order valence-electron chi connectivity index (χ4n) is 2.18. The van der Waals surface area contributed by atoms with Gasteiger partial charge in [0.15, 0.2) is 0 Å². The first-order chi connectivity index (χ1) is 7.36. The molecule has 1 heterocycles. The summed E-state index contributed by atoms with van der Waals surface area (Å²) in [4.78, 5) is 0. The third kappa shape index (κ3) is 1.62. The molecule has 1 atom stereocenters. The summed E-state index contributed by atoms with van der Waals surface area (Å²) in [6.45, 7) is 1.03. The zero-order chi connectivity index (χ0) is 10.3. The van der Waals surface area contributed by atoms with Crippen LogP contribution in [0.1, 0.15) is 12.8 Å². The number of rotatable bonds is 2. The van der Waals surface area contributed by atoms with E-state index in [1.807, 2.05) is 12.1 Å². The molecule has 3 nitrogen and oxygen atoms in total. The maximum atomic E-state index is 5.20. The Balaban J connectivity index is 1.83. The Morgan fingerprint density at radius 2 is 2.13 bits per heavy atom. The van der Waals surface area contributed by atoms with Gasteiger partial charge in [-0.1, -0.05) is 0 Å². The Morgan fingerprint density at radius 1 is 1.27 bits per heavy atom. The molecule has 2 N–H and O–H groups in total. The number of fused-ring (bicyclic) bond motifs is 1. The highest BCUT2D eigenvalue weighted by atomic mass is 16.5. The average molecular weight is 204 g/mol. The highest BCUT2D eigenvalue weighted by molar-refractivity contribution is 5.73. The number of anilines is 2. The minimum atomic E-state index is 0.617. The van der Waals surface area contributed by atoms with Crippen LogP contribution in [0.5, 0.6) is 5.75 Å². The molecular weight excluding hydrogens is 188 g/mol. The number of hydrogen-bond donors (Lipinski definition) is 2. The van der Waals surface area contributed by atoms with Crippen molar-refractivity contribution in [3.05, 3.63) is 18.2 Å². The van der Waals surface area contributed by atoms with Crippen molar-refractivity contribution >= 4 is 11.4 Å². The lowest BCUT2D eigenvalue weighted by molar-refractivity contribution is 0.415. The molecule has 0 amide bonds. The predicted octanol–water partition coefficient (Wildman–Crippen LogP) is 2.31. The smallest absolute Gasteiger partial charge is 0.121 e. The third-order valence-electron chi connectivity index (χ3n) is 3.27. The van der Waals surface area contributed by atoms with E-state index in [1.54, 1.807) is 7.11 Å². The molecule has 1 saturated carbocycles. The van der Waals surface area contributed by atoms with Crippen molar-refractivity contribution in [3.63, 3.8) is 0 Å². The summed E-state index contributed by atoms with van der Waals surface area (Å²) < 4.78 is 5.20. The van der Waals surface area contributed by atoms with E-state index in [-0.39, 0.29) is 0 Å². The quantitative estimate of drug-likeness (QED) is 0.775. The zero-order valence-corrected chi connectivity index (χ0v) is 8.92. The molecule has 15 heavy (non-hydrogen) atoms. The van der Waals surface area contributed by atoms with Gasteiger partial charge in [0.25, 0.3) is 0 Å². The van der Waals surface area contributed by atoms with Crippen LogP contribution in [-0.4, -0.2) is 19.7 Å². The Labute approximate surface area is 89.8 Å². The first-order valence-corrected chi connectivity index (χ1v) is 5.55. The Bertz CT molecular complexity index is 374. The molecule has 3 rings (SSSR count). The number of ether oxygens (including phenoxy) is 1. The van der Waals surface area contributed by atoms with Crippen molar-refractivity contribution in [3.8, 4) is 5.75 Å². The molecule has 1 unspecified atom stereocenters. The summed E-state index contributed by atoms with van der Waals surface area (Å²) in [6, 6.07) is 6.76. The number of hydrogen-bond acceptors (Lipinski definition) is 3. The van der Waals surface area contributed by atoms with Gasteiger partial charge in [-0.3, -0.25) is 0 Å². The second-order valence-corrected chi connectivity index (χ2v) is 4.38. The van der Waals surface area contributed by atoms with Crippen LogP contribution in [0.3, 0.4) is 0 Å². The zero-order valence-electron chi connectivity index (χ0n) is 8.92. The first kappa shape index (κ1) is 8.89. The van der Waals surface area contributed by atoms with Gasteiger partial charge in [0.05, 0.1) is 18.5 Å². The van der Waals surface area contributed by atoms with E-state index in [0.29, 0.717) is 6.04 Å². The lowest BCUT2D eigenvalue weighted by Gasteiger charge is -2.28. The molecule has 0 aromatic heterocycles. The summed E-state index contributed by atoms with van der Waals surface area (Å²) in [5.74, 6) is 1.79. The van der Waals surface area contributed by atoms with Crippen molar-refractivity contribution in [1.29, 1.82) is 0 Å². The average Bonchev–Trinajstić information content (AvgIpc) is 3.11. The van der Waals surface area contributed by atoms with E-state index in [9.17, 15) is 0 Å². The monoisotopic (exact) mass is 204 g/mol. The summed E-state index contributed by atoms with van der Waals surface area (Å²) in [6.07, 6.45) is 2.76. The minimum Gasteiger partial charge on any atom is -0.497 e. The van der Waals surface area contributed by atoms with Crippen LogP contribution in [0.15, 0.2) is 18.2 Å². The molecule has 1 aliphatic carbocycles. The largest absolute Gasteiger partial charge is 0.497 e. The molecule has 2 aliphatic rings. The van der Waals surface area contributed by atoms with Crippen LogP contribution in [0.2, 0.25) is 0 Å². The van der Waals surface area contributed by atoms with Gasteiger partial charge >= 0.3 is 0 Å². The lowest BCUT2D eigenvalue weighted by Crippen LogP contribution is -2.34. The minimum absolute atomic E-state index is 0.617. The van der Waals surface area contributed by atoms with Crippen molar-refractivity contribution < 1.29 is 4.74 Å². The first-order valence-electron chi connectivity index (χ1n) is 5.55. The van der Waals surface area contributed by atoms with Gasteiger partial charge in [0, 0.05) is 18.7 Å². The number of benzene rings is 1. The topological polar surface area (TPSA) is 33.3 Å². The van der Waals surface area contributed by atoms with Gasteiger partial charge in [0.1, 0.15) is 5.75 Å². The molecule has 1 aromatic carbocycles. The van der Waals surface area contributed by atoms with E-state index >= 15 is 0 Å². The molecular formula is C12H16N2O. The third-order valence-corrected chi connectivity index (χ3v) is 3.27. The summed E-state index contributed by atoms with van der Waals surface area (Å²) in [5, 5.41) is 7.06. The van der Waals surface area contributed by atoms with Gasteiger partial charge in [0.2, 0.25) is 0 Å². The van der Waals surface area contributed by atoms with E-state index in [1.165, 1.54) is 18.5 Å². The van der Waals surface area contributed by atoms with E-state index in [2.05, 4.69) is 16.7 Å². The van der Waals surface area contributed by atoms with Crippen molar-refractivity contribution in [2.45, 2.75) is 18.9 Å². The van der Waals surface area contributed by atoms with Gasteiger partial charge < -0.3 is 15.4 Å². The predicted molar refractivity (Wildman–Crippen MR) is 61.6 cm³/mol. The molecule has 1 aliphatic heterocycles. The molecule has 80 valence electrons. The molecule has 0 saturated heterocycles. The Morgan fingerprint density at radius 3 is 2.87 bits per heavy atom. The molecule has 0 bridgehead atoms. The Kier molecular flexibility index (Phi) is 1.97. The normalized spacial score (nSPS) is 23.7. The lowest BCUT2D eigenvalue weighted by atomic mass is 10.1. The molecule has 0 spiro atoms. The SMILES string of the molecule is COc1ccc2c(c1)NCC(C1CC1)N2. The van der Waals surface area contributed by atoms with Crippen LogP contribution < -0.4 is 15.4 Å². The molecule has 1 aromatic rings. The maximum Gasteiger partial charge on any atom is 0.121 e. The van der Waals surface area contributed by atoms with Crippen LogP contribution in [-0.2, 0) is 0 Å². The number of nitrogens with one attached hydrogen (secondary N) is 2. The maximum absolute atomic E-state index is 5.20. The van der Waals surface area contributed by atoms with Crippen molar-refractivity contribution in [2.75, 3.05) is 24.3 Å². The van der Waals surface area contributed by atoms with Gasteiger partial charge in [-0.2, -0.15) is 0 Å². The molecule has 3 heteroatoms. The summed E-state index contributed by atoms with van der Waals surface area (Å²) in [7, 11) is 1.70. The summed E-state index contributed by atoms with van der Waals surface area (Å²) >= 11 is 0. The van der Waals surface area contributed by atoms with Crippen LogP contribution in [0, 0.1) is 5.92 Å². The van der Waals surface area contributed by atoms with E-state index < -0.39 is 0 Å². The van der Waals surface area contributed by atoms with Gasteiger partial charge in [-0.05, 0) is 30.9 Å².